The van der Waals surface area contributed by atoms with Crippen molar-refractivity contribution in [2.24, 2.45) is 5.41 Å². The second-order valence-corrected chi connectivity index (χ2v) is 11.2. The fourth-order valence-electron chi connectivity index (χ4n) is 6.43. The highest BCUT2D eigenvalue weighted by atomic mass is 35.5. The minimum atomic E-state index is -2.29. The number of hydrogen-bond donors (Lipinski definition) is 0. The van der Waals surface area contributed by atoms with E-state index in [1.165, 1.54) is 0 Å². The molecule has 8 heteroatoms. The van der Waals surface area contributed by atoms with Crippen LogP contribution in [0.2, 0.25) is 10.0 Å². The lowest BCUT2D eigenvalue weighted by atomic mass is 9.56. The molecular formula is C36H21Cl2N3O3. The maximum absolute atomic E-state index is 14.3. The average molecular weight is 614 g/mol. The number of fused-ring (bicyclic) bond motifs is 2. The molecule has 0 fully saturated rings. The van der Waals surface area contributed by atoms with Gasteiger partial charge in [-0.05, 0) is 81.9 Å². The van der Waals surface area contributed by atoms with Crippen LogP contribution in [0.25, 0.3) is 5.57 Å². The molecule has 0 aromatic heterocycles. The molecule has 0 amide bonds. The van der Waals surface area contributed by atoms with Crippen molar-refractivity contribution < 1.29 is 14.3 Å². The van der Waals surface area contributed by atoms with Gasteiger partial charge in [-0.3, -0.25) is 4.79 Å². The van der Waals surface area contributed by atoms with E-state index in [0.29, 0.717) is 54.9 Å². The first kappa shape index (κ1) is 28.8. The highest BCUT2D eigenvalue weighted by molar-refractivity contribution is 6.31. The van der Waals surface area contributed by atoms with Crippen LogP contribution in [0.3, 0.4) is 0 Å². The molecule has 0 radical (unpaired) electrons. The molecule has 0 N–H and O–H groups in total. The number of ketones is 1. The van der Waals surface area contributed by atoms with Crippen molar-refractivity contribution in [1.82, 2.24) is 0 Å². The van der Waals surface area contributed by atoms with E-state index in [1.807, 2.05) is 48.5 Å². The molecule has 4 aromatic carbocycles. The molecule has 2 aliphatic rings. The number of Topliss-reactive ketones (excluding diaryl/α,β-unsaturated/α-hetero) is 1. The van der Waals surface area contributed by atoms with Gasteiger partial charge in [-0.15, -0.1) is 0 Å². The van der Waals surface area contributed by atoms with Crippen LogP contribution in [-0.2, 0) is 10.2 Å². The lowest BCUT2D eigenvalue weighted by Gasteiger charge is -2.44. The van der Waals surface area contributed by atoms with Crippen molar-refractivity contribution in [2.45, 2.75) is 5.41 Å². The Morgan fingerprint density at radius 3 is 1.68 bits per heavy atom. The van der Waals surface area contributed by atoms with E-state index in [9.17, 15) is 20.6 Å². The molecule has 0 spiro atoms. The zero-order valence-corrected chi connectivity index (χ0v) is 25.0. The van der Waals surface area contributed by atoms with Crippen LogP contribution in [0.1, 0.15) is 27.8 Å². The lowest BCUT2D eigenvalue weighted by Crippen LogP contribution is -2.38. The van der Waals surface area contributed by atoms with Crippen molar-refractivity contribution in [2.75, 3.05) is 14.2 Å². The second-order valence-electron chi connectivity index (χ2n) is 10.3. The smallest absolute Gasteiger partial charge is 0.232 e. The first-order valence-corrected chi connectivity index (χ1v) is 14.2. The molecule has 4 aromatic rings. The van der Waals surface area contributed by atoms with Crippen molar-refractivity contribution in [3.05, 3.63) is 146 Å². The van der Waals surface area contributed by atoms with Gasteiger partial charge in [-0.1, -0.05) is 65.7 Å². The molecule has 0 saturated heterocycles. The standard InChI is InChI=1S/C36H21Cl2N3O3/c1-43-26-13-3-21(4-14-26)31-28-16-15-27(44-2)17-30(28)36(22-5-9-24(37)10-6-22,23-7-11-25(38)12-8-23)32-29(18-39)34(42)35(19-40,20-41)33(31)32/h3-17H,1-2H3. The van der Waals surface area contributed by atoms with E-state index in [4.69, 9.17) is 32.7 Å². The number of allylic oxidation sites excluding steroid dienone is 3. The summed E-state index contributed by atoms with van der Waals surface area (Å²) < 4.78 is 11.1. The van der Waals surface area contributed by atoms with Crippen LogP contribution in [0.15, 0.2) is 108 Å². The van der Waals surface area contributed by atoms with Gasteiger partial charge in [0, 0.05) is 21.2 Å². The van der Waals surface area contributed by atoms with Crippen molar-refractivity contribution >= 4 is 34.6 Å². The van der Waals surface area contributed by atoms with Gasteiger partial charge in [0.25, 0.3) is 0 Å². The first-order valence-electron chi connectivity index (χ1n) is 13.4. The molecule has 0 unspecified atom stereocenters. The molecule has 44 heavy (non-hydrogen) atoms. The molecular weight excluding hydrogens is 593 g/mol. The third-order valence-electron chi connectivity index (χ3n) is 8.35. The van der Waals surface area contributed by atoms with Gasteiger partial charge in [0.05, 0.1) is 31.8 Å². The highest BCUT2D eigenvalue weighted by Crippen LogP contribution is 2.63. The monoisotopic (exact) mass is 613 g/mol. The Morgan fingerprint density at radius 1 is 0.682 bits per heavy atom. The van der Waals surface area contributed by atoms with Crippen LogP contribution in [-0.4, -0.2) is 20.0 Å². The SMILES string of the molecule is COc1ccc(C2=C3C(=C(C#N)C(=O)C3(C#N)C#N)C(c3ccc(Cl)cc3)(c3ccc(Cl)cc3)c3cc(OC)ccc32)cc1. The third kappa shape index (κ3) is 3.88. The van der Waals surface area contributed by atoms with E-state index in [-0.39, 0.29) is 16.7 Å². The summed E-state index contributed by atoms with van der Waals surface area (Å²) in [7, 11) is 3.11. The van der Waals surface area contributed by atoms with E-state index in [2.05, 4.69) is 6.07 Å². The number of carbonyl (C=O) groups excluding carboxylic acids is 1. The third-order valence-corrected chi connectivity index (χ3v) is 8.85. The molecule has 0 bridgehead atoms. The number of nitrogens with zero attached hydrogens (tertiary/aromatic N) is 3. The van der Waals surface area contributed by atoms with Crippen LogP contribution < -0.4 is 9.47 Å². The fraction of sp³-hybridized carbons (Fsp3) is 0.111. The minimum absolute atomic E-state index is 0.164. The molecule has 0 atom stereocenters. The predicted molar refractivity (Wildman–Crippen MR) is 166 cm³/mol. The second kappa shape index (κ2) is 10.7. The summed E-state index contributed by atoms with van der Waals surface area (Å²) >= 11 is 12.7. The lowest BCUT2D eigenvalue weighted by molar-refractivity contribution is -0.117. The van der Waals surface area contributed by atoms with Crippen molar-refractivity contribution in [3.63, 3.8) is 0 Å². The van der Waals surface area contributed by atoms with Crippen LogP contribution in [0, 0.1) is 39.4 Å². The van der Waals surface area contributed by atoms with E-state index in [0.717, 1.165) is 0 Å². The number of hydrogen-bond acceptors (Lipinski definition) is 6. The fourth-order valence-corrected chi connectivity index (χ4v) is 6.68. The van der Waals surface area contributed by atoms with Crippen LogP contribution in [0.4, 0.5) is 0 Å². The highest BCUT2D eigenvalue weighted by Gasteiger charge is 2.62. The van der Waals surface area contributed by atoms with Gasteiger partial charge in [-0.2, -0.15) is 15.8 Å². The van der Waals surface area contributed by atoms with Gasteiger partial charge >= 0.3 is 0 Å². The molecule has 6 nitrogen and oxygen atoms in total. The summed E-state index contributed by atoms with van der Waals surface area (Å²) in [5.41, 5.74) is 0.263. The average Bonchev–Trinajstić information content (AvgIpc) is 3.31. The largest absolute Gasteiger partial charge is 0.497 e. The summed E-state index contributed by atoms with van der Waals surface area (Å²) in [5, 5.41) is 32.9. The number of methoxy groups -OCH3 is 2. The van der Waals surface area contributed by atoms with Gasteiger partial charge in [0.15, 0.2) is 0 Å². The van der Waals surface area contributed by atoms with Gasteiger partial charge < -0.3 is 9.47 Å². The van der Waals surface area contributed by atoms with E-state index >= 15 is 0 Å². The number of nitriles is 3. The quantitative estimate of drug-likeness (QED) is 0.229. The molecule has 0 saturated carbocycles. The Labute approximate surface area is 264 Å². The zero-order valence-electron chi connectivity index (χ0n) is 23.5. The topological polar surface area (TPSA) is 107 Å². The number of ether oxygens (including phenoxy) is 2. The molecule has 212 valence electrons. The van der Waals surface area contributed by atoms with Crippen LogP contribution in [0.5, 0.6) is 11.5 Å². The number of rotatable bonds is 5. The summed E-state index contributed by atoms with van der Waals surface area (Å²) in [4.78, 5) is 14.3. The summed E-state index contributed by atoms with van der Waals surface area (Å²) in [6.07, 6.45) is 0. The summed E-state index contributed by atoms with van der Waals surface area (Å²) in [6, 6.07) is 33.0. The maximum Gasteiger partial charge on any atom is 0.232 e. The van der Waals surface area contributed by atoms with Gasteiger partial charge in [0.1, 0.15) is 23.1 Å². The summed E-state index contributed by atoms with van der Waals surface area (Å²) in [5.74, 6) is 0.265. The number of carbonyl (C=O) groups is 1. The van der Waals surface area contributed by atoms with Gasteiger partial charge in [-0.25, -0.2) is 0 Å². The van der Waals surface area contributed by atoms with E-state index in [1.54, 1.807) is 68.8 Å². The Kier molecular flexibility index (Phi) is 7.03. The maximum atomic E-state index is 14.3. The number of halogens is 2. The number of benzene rings is 4. The molecule has 0 aliphatic heterocycles. The molecule has 0 heterocycles. The van der Waals surface area contributed by atoms with Gasteiger partial charge in [0.2, 0.25) is 11.2 Å². The minimum Gasteiger partial charge on any atom is -0.497 e. The van der Waals surface area contributed by atoms with Crippen molar-refractivity contribution in [3.8, 4) is 29.7 Å². The predicted octanol–water partition coefficient (Wildman–Crippen LogP) is 7.60. The normalized spacial score (nSPS) is 15.9. The Balaban J connectivity index is 1.93. The molecule has 6 rings (SSSR count). The molecule has 2 aliphatic carbocycles. The Hall–Kier alpha value is -5.32. The van der Waals surface area contributed by atoms with Crippen molar-refractivity contribution in [1.29, 1.82) is 15.8 Å². The Morgan fingerprint density at radius 2 is 1.20 bits per heavy atom. The summed E-state index contributed by atoms with van der Waals surface area (Å²) in [6.45, 7) is 0. The first-order chi connectivity index (χ1) is 21.3. The Bertz CT molecular complexity index is 1980. The van der Waals surface area contributed by atoms with E-state index < -0.39 is 16.6 Å². The zero-order chi connectivity index (χ0) is 31.2. The van der Waals surface area contributed by atoms with Crippen LogP contribution >= 0.6 is 23.2 Å².